The van der Waals surface area contributed by atoms with Crippen LogP contribution in [0.15, 0.2) is 0 Å². The summed E-state index contributed by atoms with van der Waals surface area (Å²) < 4.78 is 2.16. The van der Waals surface area contributed by atoms with Crippen LogP contribution < -0.4 is 5.32 Å². The van der Waals surface area contributed by atoms with Crippen molar-refractivity contribution in [2.45, 2.75) is 47.1 Å². The molecule has 16 heavy (non-hydrogen) atoms. The summed E-state index contributed by atoms with van der Waals surface area (Å²) in [4.78, 5) is 0. The summed E-state index contributed by atoms with van der Waals surface area (Å²) in [6, 6.07) is 0. The number of hydrogen-bond donors (Lipinski definition) is 1. The number of aryl methyl sites for hydroxylation is 1. The molecule has 0 aliphatic carbocycles. The van der Waals surface area contributed by atoms with E-state index in [1.54, 1.807) is 0 Å². The van der Waals surface area contributed by atoms with Crippen LogP contribution in [0, 0.1) is 19.8 Å². The predicted octanol–water partition coefficient (Wildman–Crippen LogP) is 2.31. The Balaban J connectivity index is 2.72. The molecule has 1 aromatic heterocycles. The fourth-order valence-electron chi connectivity index (χ4n) is 2.06. The molecule has 92 valence electrons. The highest BCUT2D eigenvalue weighted by atomic mass is 15.3. The van der Waals surface area contributed by atoms with E-state index in [4.69, 9.17) is 0 Å². The van der Waals surface area contributed by atoms with Crippen molar-refractivity contribution in [3.63, 3.8) is 0 Å². The topological polar surface area (TPSA) is 29.9 Å². The summed E-state index contributed by atoms with van der Waals surface area (Å²) >= 11 is 0. The van der Waals surface area contributed by atoms with Gasteiger partial charge in [0.25, 0.3) is 0 Å². The third kappa shape index (κ3) is 3.34. The highest BCUT2D eigenvalue weighted by Gasteiger charge is 2.11. The third-order valence-corrected chi connectivity index (χ3v) is 2.92. The second-order valence-electron chi connectivity index (χ2n) is 4.93. The molecule has 1 aromatic rings. The van der Waals surface area contributed by atoms with E-state index in [1.807, 2.05) is 7.05 Å². The minimum atomic E-state index is 0.656. The maximum absolute atomic E-state index is 4.63. The van der Waals surface area contributed by atoms with E-state index in [0.717, 1.165) is 19.5 Å². The van der Waals surface area contributed by atoms with Crippen LogP contribution in [0.1, 0.15) is 37.2 Å². The van der Waals surface area contributed by atoms with Gasteiger partial charge in [-0.15, -0.1) is 0 Å². The number of rotatable bonds is 6. The summed E-state index contributed by atoms with van der Waals surface area (Å²) in [5.74, 6) is 0.656. The number of aromatic nitrogens is 2. The highest BCUT2D eigenvalue weighted by Crippen LogP contribution is 2.16. The Morgan fingerprint density at radius 3 is 2.56 bits per heavy atom. The van der Waals surface area contributed by atoms with Crippen LogP contribution in [0.4, 0.5) is 0 Å². The van der Waals surface area contributed by atoms with Gasteiger partial charge in [0, 0.05) is 12.2 Å². The first-order chi connectivity index (χ1) is 7.56. The second-order valence-corrected chi connectivity index (χ2v) is 4.93. The van der Waals surface area contributed by atoms with Crippen molar-refractivity contribution in [1.82, 2.24) is 15.1 Å². The minimum Gasteiger partial charge on any atom is -0.320 e. The zero-order valence-corrected chi connectivity index (χ0v) is 11.3. The summed E-state index contributed by atoms with van der Waals surface area (Å²) in [7, 11) is 2.00. The summed E-state index contributed by atoms with van der Waals surface area (Å²) in [6.45, 7) is 10.9. The van der Waals surface area contributed by atoms with Gasteiger partial charge in [-0.05, 0) is 51.8 Å². The fourth-order valence-corrected chi connectivity index (χ4v) is 2.06. The van der Waals surface area contributed by atoms with E-state index in [0.29, 0.717) is 5.92 Å². The first-order valence-electron chi connectivity index (χ1n) is 6.23. The molecule has 1 N–H and O–H groups in total. The van der Waals surface area contributed by atoms with Crippen molar-refractivity contribution in [3.05, 3.63) is 17.0 Å². The maximum Gasteiger partial charge on any atom is 0.0628 e. The number of nitrogens with one attached hydrogen (secondary N) is 1. The van der Waals surface area contributed by atoms with Crippen molar-refractivity contribution < 1.29 is 0 Å². The van der Waals surface area contributed by atoms with Crippen molar-refractivity contribution >= 4 is 0 Å². The Morgan fingerprint density at radius 2 is 2.00 bits per heavy atom. The van der Waals surface area contributed by atoms with Crippen LogP contribution in [-0.4, -0.2) is 23.4 Å². The van der Waals surface area contributed by atoms with Gasteiger partial charge in [0.1, 0.15) is 0 Å². The molecule has 0 saturated heterocycles. The van der Waals surface area contributed by atoms with Crippen LogP contribution in [0.3, 0.4) is 0 Å². The molecular formula is C13H25N3. The maximum atomic E-state index is 4.63. The lowest BCUT2D eigenvalue weighted by atomic mass is 10.1. The molecule has 0 saturated carbocycles. The minimum absolute atomic E-state index is 0.656. The zero-order valence-electron chi connectivity index (χ0n) is 11.3. The summed E-state index contributed by atoms with van der Waals surface area (Å²) in [5.41, 5.74) is 3.99. The van der Waals surface area contributed by atoms with Crippen molar-refractivity contribution in [3.8, 4) is 0 Å². The van der Waals surface area contributed by atoms with E-state index in [2.05, 4.69) is 42.8 Å². The first kappa shape index (κ1) is 13.2. The van der Waals surface area contributed by atoms with Gasteiger partial charge in [0.15, 0.2) is 0 Å². The average molecular weight is 223 g/mol. The average Bonchev–Trinajstić information content (AvgIpc) is 2.45. The molecule has 0 aliphatic heterocycles. The van der Waals surface area contributed by atoms with E-state index in [-0.39, 0.29) is 0 Å². The molecule has 0 atom stereocenters. The van der Waals surface area contributed by atoms with Crippen molar-refractivity contribution in [2.24, 2.45) is 5.92 Å². The van der Waals surface area contributed by atoms with Gasteiger partial charge in [0.05, 0.1) is 5.69 Å². The summed E-state index contributed by atoms with van der Waals surface area (Å²) in [6.07, 6.45) is 2.32. The lowest BCUT2D eigenvalue weighted by molar-refractivity contribution is 0.472. The molecule has 0 unspecified atom stereocenters. The lowest BCUT2D eigenvalue weighted by Gasteiger charge is -2.08. The van der Waals surface area contributed by atoms with Crippen LogP contribution >= 0.6 is 0 Å². The Bertz CT molecular complexity index is 326. The molecule has 0 bridgehead atoms. The fraction of sp³-hybridized carbons (Fsp3) is 0.769. The molecule has 1 heterocycles. The zero-order chi connectivity index (χ0) is 12.1. The molecule has 0 amide bonds. The molecule has 0 spiro atoms. The van der Waals surface area contributed by atoms with E-state index >= 15 is 0 Å². The van der Waals surface area contributed by atoms with Crippen molar-refractivity contribution in [1.29, 1.82) is 0 Å². The smallest absolute Gasteiger partial charge is 0.0628 e. The third-order valence-electron chi connectivity index (χ3n) is 2.92. The monoisotopic (exact) mass is 223 g/mol. The second kappa shape index (κ2) is 6.04. The largest absolute Gasteiger partial charge is 0.320 e. The first-order valence-corrected chi connectivity index (χ1v) is 6.23. The van der Waals surface area contributed by atoms with Gasteiger partial charge < -0.3 is 5.32 Å². The molecule has 3 nitrogen and oxygen atoms in total. The van der Waals surface area contributed by atoms with Gasteiger partial charge in [-0.25, -0.2) is 0 Å². The van der Waals surface area contributed by atoms with Gasteiger partial charge in [-0.3, -0.25) is 4.68 Å². The summed E-state index contributed by atoms with van der Waals surface area (Å²) in [5, 5.41) is 7.81. The Labute approximate surface area is 99.2 Å². The SMILES string of the molecule is CNCCCc1c(C)nn(CC(C)C)c1C. The molecule has 0 aromatic carbocycles. The van der Waals surface area contributed by atoms with Crippen LogP contribution in [0.5, 0.6) is 0 Å². The normalized spacial score (nSPS) is 11.4. The predicted molar refractivity (Wildman–Crippen MR) is 68.8 cm³/mol. The standard InChI is InChI=1S/C13H25N3/c1-10(2)9-16-12(4)13(11(3)15-16)7-6-8-14-5/h10,14H,6-9H2,1-5H3. The van der Waals surface area contributed by atoms with Crippen molar-refractivity contribution in [2.75, 3.05) is 13.6 Å². The van der Waals surface area contributed by atoms with Crippen LogP contribution in [-0.2, 0) is 13.0 Å². The van der Waals surface area contributed by atoms with Gasteiger partial charge in [-0.1, -0.05) is 13.8 Å². The van der Waals surface area contributed by atoms with Gasteiger partial charge in [0.2, 0.25) is 0 Å². The molecule has 1 rings (SSSR count). The molecule has 0 radical (unpaired) electrons. The highest BCUT2D eigenvalue weighted by molar-refractivity contribution is 5.24. The molecule has 0 aliphatic rings. The van der Waals surface area contributed by atoms with Gasteiger partial charge in [-0.2, -0.15) is 5.10 Å². The van der Waals surface area contributed by atoms with Crippen LogP contribution in [0.2, 0.25) is 0 Å². The molecular weight excluding hydrogens is 198 g/mol. The number of hydrogen-bond acceptors (Lipinski definition) is 2. The Kier molecular flexibility index (Phi) is 5.00. The molecule has 3 heteroatoms. The quantitative estimate of drug-likeness (QED) is 0.750. The van der Waals surface area contributed by atoms with Gasteiger partial charge >= 0.3 is 0 Å². The van der Waals surface area contributed by atoms with E-state index in [1.165, 1.54) is 23.4 Å². The Hall–Kier alpha value is -0.830. The van der Waals surface area contributed by atoms with E-state index < -0.39 is 0 Å². The van der Waals surface area contributed by atoms with E-state index in [9.17, 15) is 0 Å². The Morgan fingerprint density at radius 1 is 1.31 bits per heavy atom. The lowest BCUT2D eigenvalue weighted by Crippen LogP contribution is -2.10. The number of nitrogens with zero attached hydrogens (tertiary/aromatic N) is 2. The molecule has 0 fully saturated rings. The van der Waals surface area contributed by atoms with Crippen LogP contribution in [0.25, 0.3) is 0 Å².